The van der Waals surface area contributed by atoms with Crippen molar-refractivity contribution in [2.24, 2.45) is 0 Å². The Morgan fingerprint density at radius 2 is 1.08 bits per heavy atom. The second-order valence-corrected chi connectivity index (χ2v) is 5.94. The Kier molecular flexibility index (Phi) is 5.62. The summed E-state index contributed by atoms with van der Waals surface area (Å²) in [6, 6.07) is 17.8. The van der Waals surface area contributed by atoms with Gasteiger partial charge in [-0.2, -0.15) is 0 Å². The van der Waals surface area contributed by atoms with Gasteiger partial charge in [0.2, 0.25) is 0 Å². The molecule has 0 radical (unpaired) electrons. The quantitative estimate of drug-likeness (QED) is 0.621. The van der Waals surface area contributed by atoms with Gasteiger partial charge >= 0.3 is 11.9 Å². The van der Waals surface area contributed by atoms with E-state index < -0.39 is 0 Å². The molecule has 4 nitrogen and oxygen atoms in total. The molecule has 0 bridgehead atoms. The number of carbonyl (C=O) groups excluding carboxylic acids is 2. The van der Waals surface area contributed by atoms with Gasteiger partial charge in [-0.05, 0) is 55.7 Å². The van der Waals surface area contributed by atoms with E-state index in [1.165, 1.54) is 0 Å². The van der Waals surface area contributed by atoms with Crippen LogP contribution in [0.2, 0.25) is 0 Å². The van der Waals surface area contributed by atoms with Crippen LogP contribution in [-0.2, 0) is 9.47 Å². The third-order valence-electron chi connectivity index (χ3n) is 4.05. The molecule has 0 N–H and O–H groups in total. The van der Waals surface area contributed by atoms with Crippen molar-refractivity contribution in [1.82, 2.24) is 0 Å². The van der Waals surface area contributed by atoms with Gasteiger partial charge in [-0.15, -0.1) is 0 Å². The molecule has 2 aromatic rings. The van der Waals surface area contributed by atoms with Crippen LogP contribution in [0.4, 0.5) is 0 Å². The first-order chi connectivity index (χ1) is 12.2. The van der Waals surface area contributed by atoms with Crippen molar-refractivity contribution in [3.63, 3.8) is 0 Å². The summed E-state index contributed by atoms with van der Waals surface area (Å²) in [5.41, 5.74) is 1.07. The van der Waals surface area contributed by atoms with Gasteiger partial charge in [0.05, 0.1) is 11.1 Å². The highest BCUT2D eigenvalue weighted by Gasteiger charge is 2.20. The first-order valence-electron chi connectivity index (χ1n) is 8.43. The average Bonchev–Trinajstić information content (AvgIpc) is 2.88. The summed E-state index contributed by atoms with van der Waals surface area (Å²) in [6.45, 7) is 0. The highest BCUT2D eigenvalue weighted by molar-refractivity contribution is 5.90. The predicted octanol–water partition coefficient (Wildman–Crippen LogP) is 4.18. The van der Waals surface area contributed by atoms with Crippen molar-refractivity contribution >= 4 is 11.9 Å². The Labute approximate surface area is 147 Å². The average molecular weight is 336 g/mol. The minimum Gasteiger partial charge on any atom is -0.455 e. The second-order valence-electron chi connectivity index (χ2n) is 5.94. The van der Waals surface area contributed by atoms with Crippen molar-refractivity contribution in [2.45, 2.75) is 31.5 Å². The third kappa shape index (κ3) is 4.80. The van der Waals surface area contributed by atoms with Crippen LogP contribution in [0.1, 0.15) is 40.0 Å². The maximum atomic E-state index is 12.1. The standard InChI is InChI=1S/C21H20O4/c22-20(16-8-3-1-4-9-16)24-18-12-7-13-19(15-14-18)25-21(23)17-10-5-2-6-11-17/h1-6,8-11,14-15,18-19H,7,12-13H2/t18-,19+. The molecule has 0 saturated carbocycles. The second kappa shape index (κ2) is 8.29. The van der Waals surface area contributed by atoms with Crippen LogP contribution >= 0.6 is 0 Å². The number of benzene rings is 2. The Morgan fingerprint density at radius 3 is 1.48 bits per heavy atom. The minimum absolute atomic E-state index is 0.298. The molecule has 0 fully saturated rings. The molecule has 0 unspecified atom stereocenters. The molecular weight excluding hydrogens is 316 g/mol. The predicted molar refractivity (Wildman–Crippen MR) is 94.3 cm³/mol. The fourth-order valence-electron chi connectivity index (χ4n) is 2.72. The highest BCUT2D eigenvalue weighted by Crippen LogP contribution is 2.19. The summed E-state index contributed by atoms with van der Waals surface area (Å²) in [6.07, 6.45) is 5.28. The zero-order valence-electron chi connectivity index (χ0n) is 13.8. The number of rotatable bonds is 4. The molecule has 2 atom stereocenters. The summed E-state index contributed by atoms with van der Waals surface area (Å²) in [5, 5.41) is 0. The topological polar surface area (TPSA) is 52.6 Å². The van der Waals surface area contributed by atoms with Gasteiger partial charge < -0.3 is 9.47 Å². The van der Waals surface area contributed by atoms with Crippen LogP contribution < -0.4 is 0 Å². The normalized spacial score (nSPS) is 19.7. The molecule has 4 heteroatoms. The minimum atomic E-state index is -0.338. The summed E-state index contributed by atoms with van der Waals surface area (Å²) in [7, 11) is 0. The van der Waals surface area contributed by atoms with Crippen molar-refractivity contribution < 1.29 is 19.1 Å². The Balaban J connectivity index is 1.57. The zero-order chi connectivity index (χ0) is 17.5. The number of hydrogen-bond donors (Lipinski definition) is 0. The van der Waals surface area contributed by atoms with E-state index in [0.29, 0.717) is 24.0 Å². The SMILES string of the molecule is O=C(O[C@@H]1C=C[C@H](OC(=O)c2ccccc2)CCC1)c1ccccc1. The van der Waals surface area contributed by atoms with Crippen LogP contribution in [0.25, 0.3) is 0 Å². The van der Waals surface area contributed by atoms with E-state index in [-0.39, 0.29) is 24.1 Å². The van der Waals surface area contributed by atoms with Gasteiger partial charge in [0.25, 0.3) is 0 Å². The van der Waals surface area contributed by atoms with Crippen LogP contribution in [0, 0.1) is 0 Å². The first-order valence-corrected chi connectivity index (χ1v) is 8.43. The molecule has 3 rings (SSSR count). The first kappa shape index (κ1) is 17.0. The van der Waals surface area contributed by atoms with Crippen LogP contribution in [0.3, 0.4) is 0 Å². The van der Waals surface area contributed by atoms with Gasteiger partial charge in [-0.3, -0.25) is 0 Å². The van der Waals surface area contributed by atoms with Gasteiger partial charge in [0.1, 0.15) is 12.2 Å². The molecule has 1 aliphatic rings. The maximum Gasteiger partial charge on any atom is 0.338 e. The third-order valence-corrected chi connectivity index (χ3v) is 4.05. The summed E-state index contributed by atoms with van der Waals surface area (Å²) in [5.74, 6) is -0.676. The summed E-state index contributed by atoms with van der Waals surface area (Å²) < 4.78 is 11.1. The number of esters is 2. The number of carbonyl (C=O) groups is 2. The lowest BCUT2D eigenvalue weighted by molar-refractivity contribution is 0.0370. The van der Waals surface area contributed by atoms with Crippen LogP contribution in [-0.4, -0.2) is 24.1 Å². The Morgan fingerprint density at radius 1 is 0.680 bits per heavy atom. The fraction of sp³-hybridized carbons (Fsp3) is 0.238. The Hall–Kier alpha value is -2.88. The lowest BCUT2D eigenvalue weighted by Crippen LogP contribution is -2.16. The van der Waals surface area contributed by atoms with E-state index in [4.69, 9.17) is 9.47 Å². The van der Waals surface area contributed by atoms with Gasteiger partial charge in [-0.25, -0.2) is 9.59 Å². The molecular formula is C21H20O4. The van der Waals surface area contributed by atoms with E-state index in [2.05, 4.69) is 0 Å². The van der Waals surface area contributed by atoms with Gasteiger partial charge in [0, 0.05) is 0 Å². The Bertz CT molecular complexity index is 674. The summed E-state index contributed by atoms with van der Waals surface area (Å²) in [4.78, 5) is 24.3. The molecule has 0 heterocycles. The van der Waals surface area contributed by atoms with E-state index in [1.54, 1.807) is 48.5 Å². The lowest BCUT2D eigenvalue weighted by atomic mass is 10.1. The fourth-order valence-corrected chi connectivity index (χ4v) is 2.72. The largest absolute Gasteiger partial charge is 0.455 e. The number of ether oxygens (including phenoxy) is 2. The molecule has 0 aliphatic heterocycles. The van der Waals surface area contributed by atoms with E-state index in [1.807, 2.05) is 24.3 Å². The van der Waals surface area contributed by atoms with Crippen LogP contribution in [0.15, 0.2) is 72.8 Å². The molecule has 0 aromatic heterocycles. The smallest absolute Gasteiger partial charge is 0.338 e. The van der Waals surface area contributed by atoms with Gasteiger partial charge in [0.15, 0.2) is 0 Å². The molecule has 0 spiro atoms. The van der Waals surface area contributed by atoms with Crippen LogP contribution in [0.5, 0.6) is 0 Å². The number of hydrogen-bond acceptors (Lipinski definition) is 4. The van der Waals surface area contributed by atoms with Crippen molar-refractivity contribution in [2.75, 3.05) is 0 Å². The van der Waals surface area contributed by atoms with Gasteiger partial charge in [-0.1, -0.05) is 36.4 Å². The monoisotopic (exact) mass is 336 g/mol. The van der Waals surface area contributed by atoms with Crippen molar-refractivity contribution in [3.05, 3.63) is 83.9 Å². The molecule has 25 heavy (non-hydrogen) atoms. The molecule has 2 aromatic carbocycles. The maximum absolute atomic E-state index is 12.1. The van der Waals surface area contributed by atoms with Crippen molar-refractivity contribution in [3.8, 4) is 0 Å². The molecule has 0 saturated heterocycles. The van der Waals surface area contributed by atoms with E-state index in [9.17, 15) is 9.59 Å². The molecule has 0 amide bonds. The molecule has 1 aliphatic carbocycles. The zero-order valence-corrected chi connectivity index (χ0v) is 13.8. The molecule has 128 valence electrons. The van der Waals surface area contributed by atoms with E-state index >= 15 is 0 Å². The van der Waals surface area contributed by atoms with Crippen molar-refractivity contribution in [1.29, 1.82) is 0 Å². The summed E-state index contributed by atoms with van der Waals surface area (Å²) >= 11 is 0. The lowest BCUT2D eigenvalue weighted by Gasteiger charge is -2.12. The highest BCUT2D eigenvalue weighted by atomic mass is 16.5. The van der Waals surface area contributed by atoms with E-state index in [0.717, 1.165) is 6.42 Å².